The standard InChI is InChI=1S/C32H12BF24.C13H12N3O/c34-25(35,36)13-1-14(26(37,38)39)6-21(5-13)33(22-7-15(27(40,41)42)2-16(8-22)28(43,44)45,23-9-17(29(46,47)48)3-18(10-23)30(49,50)51)24-11-19(31(52,53)54)4-20(12-24)32(55,56)57;14-6-9-17-13-11-16(8-7-15-13)10-12-4-2-1-3-5-12/h1-12H;1-5,7-8,11H,9-10H2/q-1;+1. The van der Waals surface area contributed by atoms with E-state index in [1.54, 1.807) is 12.4 Å². The molecule has 4 nitrogen and oxygen atoms in total. The normalized spacial score (nSPS) is 13.2. The fourth-order valence-electron chi connectivity index (χ4n) is 7.55. The van der Waals surface area contributed by atoms with Gasteiger partial charge >= 0.3 is 49.4 Å². The Morgan fingerprint density at radius 1 is 0.419 bits per heavy atom. The number of nitriles is 1. The van der Waals surface area contributed by atoms with Crippen LogP contribution in [0.4, 0.5) is 105 Å². The van der Waals surface area contributed by atoms with Gasteiger partial charge in [0.1, 0.15) is 12.2 Å². The van der Waals surface area contributed by atoms with Crippen LogP contribution in [0.3, 0.4) is 0 Å². The highest BCUT2D eigenvalue weighted by Crippen LogP contribution is 2.41. The summed E-state index contributed by atoms with van der Waals surface area (Å²) in [5.74, 6) is 0.463. The summed E-state index contributed by atoms with van der Waals surface area (Å²) in [5.41, 5.74) is -29.0. The van der Waals surface area contributed by atoms with Crippen LogP contribution >= 0.6 is 0 Å². The van der Waals surface area contributed by atoms with Crippen molar-refractivity contribution in [1.82, 2.24) is 4.98 Å². The molecule has 0 saturated carbocycles. The second-order valence-electron chi connectivity index (χ2n) is 15.7. The lowest BCUT2D eigenvalue weighted by Gasteiger charge is -2.46. The van der Waals surface area contributed by atoms with Gasteiger partial charge in [-0.2, -0.15) is 137 Å². The highest BCUT2D eigenvalue weighted by atomic mass is 19.4. The maximum atomic E-state index is 14.2. The van der Waals surface area contributed by atoms with E-state index in [2.05, 4.69) is 17.1 Å². The zero-order valence-electron chi connectivity index (χ0n) is 35.9. The van der Waals surface area contributed by atoms with Crippen molar-refractivity contribution in [2.45, 2.75) is 56.0 Å². The van der Waals surface area contributed by atoms with Gasteiger partial charge in [-0.1, -0.05) is 78.9 Å². The lowest BCUT2D eigenvalue weighted by Crippen LogP contribution is -2.75. The van der Waals surface area contributed by atoms with E-state index in [9.17, 15) is 105 Å². The highest BCUT2D eigenvalue weighted by molar-refractivity contribution is 7.20. The molecule has 6 aromatic rings. The van der Waals surface area contributed by atoms with E-state index in [0.717, 1.165) is 6.54 Å². The molecular weight excluding hydrogens is 1070 g/mol. The summed E-state index contributed by atoms with van der Waals surface area (Å²) in [6.07, 6.45) is -49.5. The maximum Gasteiger partial charge on any atom is 0.416 e. The maximum absolute atomic E-state index is 14.2. The largest absolute Gasteiger partial charge is 0.458 e. The molecule has 0 aliphatic carbocycles. The summed E-state index contributed by atoms with van der Waals surface area (Å²) in [5, 5.41) is 8.42. The minimum atomic E-state index is -6.13. The fraction of sp³-hybridized carbons (Fsp3) is 0.222. The van der Waals surface area contributed by atoms with E-state index < -0.39 is 195 Å². The van der Waals surface area contributed by atoms with Crippen LogP contribution in [0.1, 0.15) is 50.1 Å². The first kappa shape index (κ1) is 57.8. The van der Waals surface area contributed by atoms with Crippen LogP contribution < -0.4 is 31.2 Å². The van der Waals surface area contributed by atoms with E-state index in [1.165, 1.54) is 5.56 Å². The lowest BCUT2D eigenvalue weighted by atomic mass is 9.12. The molecule has 29 heteroatoms. The van der Waals surface area contributed by atoms with E-state index in [4.69, 9.17) is 10.00 Å². The Balaban J connectivity index is 0.000000500. The first-order valence-corrected chi connectivity index (χ1v) is 19.9. The van der Waals surface area contributed by atoms with Crippen molar-refractivity contribution < 1.29 is 115 Å². The molecule has 0 fully saturated rings. The van der Waals surface area contributed by atoms with E-state index >= 15 is 0 Å². The zero-order valence-corrected chi connectivity index (χ0v) is 35.9. The molecule has 0 spiro atoms. The summed E-state index contributed by atoms with van der Waals surface area (Å²) in [7, 11) is 0. The van der Waals surface area contributed by atoms with Gasteiger partial charge in [0.15, 0.2) is 19.3 Å². The van der Waals surface area contributed by atoms with E-state index in [-0.39, 0.29) is 6.61 Å². The van der Waals surface area contributed by atoms with Crippen LogP contribution in [-0.2, 0) is 56.0 Å². The average Bonchev–Trinajstić information content (AvgIpc) is 3.26. The zero-order chi connectivity index (χ0) is 55.8. The number of nitrogens with zero attached hydrogens (tertiary/aromatic N) is 3. The van der Waals surface area contributed by atoms with Gasteiger partial charge in [-0.15, -0.1) is 0 Å². The SMILES string of the molecule is FC(F)(F)c1cc([B-](c2cc(C(F)(F)F)cc(C(F)(F)F)c2)(c2cc(C(F)(F)F)cc(C(F)(F)F)c2)c2cc(C(F)(F)F)cc(C(F)(F)F)c2)cc(C(F)(F)F)c1.N#CCOc1c[n+](Cc2ccccc2)ccn1. The van der Waals surface area contributed by atoms with Gasteiger partial charge in [-0.3, -0.25) is 0 Å². The third kappa shape index (κ3) is 13.7. The molecule has 0 bridgehead atoms. The smallest absolute Gasteiger partial charge is 0.416 e. The number of rotatable bonds is 8. The summed E-state index contributed by atoms with van der Waals surface area (Å²) in [4.78, 5) is 4.02. The minimum Gasteiger partial charge on any atom is -0.458 e. The number of hydrogen-bond acceptors (Lipinski definition) is 3. The predicted molar refractivity (Wildman–Crippen MR) is 211 cm³/mol. The molecule has 0 saturated heterocycles. The second-order valence-corrected chi connectivity index (χ2v) is 15.7. The topological polar surface area (TPSA) is 49.8 Å². The Labute approximate surface area is 399 Å². The molecule has 0 aliphatic heterocycles. The molecule has 396 valence electrons. The molecular formula is C45H24BF24N3O. The number of aromatic nitrogens is 2. The first-order valence-electron chi connectivity index (χ1n) is 19.9. The summed E-state index contributed by atoms with van der Waals surface area (Å²) in [6, 6.07) is 3.22. The molecule has 1 aromatic heterocycles. The molecule has 0 unspecified atom stereocenters. The van der Waals surface area contributed by atoms with Crippen LogP contribution in [0, 0.1) is 11.3 Å². The van der Waals surface area contributed by atoms with Crippen molar-refractivity contribution in [2.75, 3.05) is 6.61 Å². The monoisotopic (exact) mass is 1090 g/mol. The number of benzene rings is 5. The van der Waals surface area contributed by atoms with E-state index in [1.807, 2.05) is 35.0 Å². The molecule has 74 heavy (non-hydrogen) atoms. The third-order valence-electron chi connectivity index (χ3n) is 10.7. The van der Waals surface area contributed by atoms with Crippen LogP contribution in [-0.4, -0.2) is 17.7 Å². The summed E-state index contributed by atoms with van der Waals surface area (Å²) < 4.78 is 348. The third-order valence-corrected chi connectivity index (χ3v) is 10.7. The Morgan fingerprint density at radius 3 is 0.932 bits per heavy atom. The van der Waals surface area contributed by atoms with Crippen LogP contribution in [0.15, 0.2) is 122 Å². The van der Waals surface area contributed by atoms with Gasteiger partial charge in [0.25, 0.3) is 5.88 Å². The number of halogens is 24. The predicted octanol–water partition coefficient (Wildman–Crippen LogP) is 12.5. The first-order chi connectivity index (χ1) is 33.6. The summed E-state index contributed by atoms with van der Waals surface area (Å²) >= 11 is 0. The number of ether oxygens (including phenoxy) is 1. The van der Waals surface area contributed by atoms with Crippen LogP contribution in [0.2, 0.25) is 0 Å². The molecule has 0 N–H and O–H groups in total. The molecule has 0 aliphatic rings. The molecule has 5 aromatic carbocycles. The quantitative estimate of drug-likeness (QED) is 0.0867. The van der Waals surface area contributed by atoms with Gasteiger partial charge in [0, 0.05) is 5.56 Å². The van der Waals surface area contributed by atoms with Gasteiger partial charge < -0.3 is 4.74 Å². The Bertz CT molecular complexity index is 2560. The van der Waals surface area contributed by atoms with Crippen molar-refractivity contribution in [3.05, 3.63) is 172 Å². The molecule has 0 atom stereocenters. The number of alkyl halides is 24. The highest BCUT2D eigenvalue weighted by Gasteiger charge is 2.47. The van der Waals surface area contributed by atoms with Crippen molar-refractivity contribution in [3.63, 3.8) is 0 Å². The minimum absolute atomic E-state index is 0.0162. The number of hydrogen-bond donors (Lipinski definition) is 0. The van der Waals surface area contributed by atoms with Gasteiger partial charge in [0.2, 0.25) is 6.20 Å². The van der Waals surface area contributed by atoms with Gasteiger partial charge in [-0.05, 0) is 24.3 Å². The Hall–Kier alpha value is -7.15. The van der Waals surface area contributed by atoms with Gasteiger partial charge in [0.05, 0.1) is 50.7 Å². The van der Waals surface area contributed by atoms with Crippen molar-refractivity contribution in [3.8, 4) is 11.9 Å². The van der Waals surface area contributed by atoms with Crippen LogP contribution in [0.25, 0.3) is 0 Å². The Morgan fingerprint density at radius 2 is 0.689 bits per heavy atom. The molecule has 1 heterocycles. The van der Waals surface area contributed by atoms with Crippen molar-refractivity contribution in [2.24, 2.45) is 0 Å². The molecule has 0 amide bonds. The molecule has 6 rings (SSSR count). The van der Waals surface area contributed by atoms with Crippen LogP contribution in [0.5, 0.6) is 5.88 Å². The summed E-state index contributed by atoms with van der Waals surface area (Å²) in [6.45, 7) is 0.772. The van der Waals surface area contributed by atoms with Gasteiger partial charge in [-0.25, -0.2) is 4.98 Å². The van der Waals surface area contributed by atoms with Crippen molar-refractivity contribution in [1.29, 1.82) is 5.26 Å². The fourth-order valence-corrected chi connectivity index (χ4v) is 7.55. The van der Waals surface area contributed by atoms with Crippen molar-refractivity contribution >= 4 is 28.0 Å². The Kier molecular flexibility index (Phi) is 15.8. The van der Waals surface area contributed by atoms with E-state index in [0.29, 0.717) is 5.88 Å². The molecule has 0 radical (unpaired) electrons. The average molecular weight is 1090 g/mol. The lowest BCUT2D eigenvalue weighted by molar-refractivity contribution is -0.689. The second kappa shape index (κ2) is 20.3.